The zero-order valence-corrected chi connectivity index (χ0v) is 12.1. The monoisotopic (exact) mass is 293 g/mol. The van der Waals surface area contributed by atoms with Crippen molar-refractivity contribution in [2.45, 2.75) is 19.7 Å². The Balaban J connectivity index is 1.89. The topological polar surface area (TPSA) is 21.3 Å². The van der Waals surface area contributed by atoms with Gasteiger partial charge in [-0.25, -0.2) is 4.39 Å². The molecule has 2 rings (SSSR count). The molecule has 0 saturated heterocycles. The Morgan fingerprint density at radius 1 is 1.05 bits per heavy atom. The van der Waals surface area contributed by atoms with Gasteiger partial charge in [0.1, 0.15) is 5.82 Å². The van der Waals surface area contributed by atoms with Crippen LogP contribution in [0.3, 0.4) is 0 Å². The number of nitrogens with one attached hydrogen (secondary N) is 1. The van der Waals surface area contributed by atoms with Gasteiger partial charge in [0.05, 0.1) is 11.6 Å². The van der Waals surface area contributed by atoms with Crippen LogP contribution in [0.5, 0.6) is 0 Å². The van der Waals surface area contributed by atoms with Crippen LogP contribution in [-0.4, -0.2) is 7.11 Å². The van der Waals surface area contributed by atoms with E-state index >= 15 is 0 Å². The van der Waals surface area contributed by atoms with Crippen LogP contribution in [-0.2, 0) is 24.4 Å². The Kier molecular flexibility index (Phi) is 5.53. The van der Waals surface area contributed by atoms with Crippen LogP contribution < -0.4 is 5.32 Å². The fourth-order valence-electron chi connectivity index (χ4n) is 2.00. The molecule has 0 aliphatic rings. The molecule has 0 atom stereocenters. The molecule has 106 valence electrons. The molecule has 0 heterocycles. The van der Waals surface area contributed by atoms with Gasteiger partial charge in [-0.1, -0.05) is 41.9 Å². The summed E-state index contributed by atoms with van der Waals surface area (Å²) in [5, 5.41) is 3.44. The van der Waals surface area contributed by atoms with E-state index in [2.05, 4.69) is 17.4 Å². The number of halogens is 2. The predicted octanol–water partition coefficient (Wildman–Crippen LogP) is 3.92. The van der Waals surface area contributed by atoms with Crippen LogP contribution in [0.4, 0.5) is 4.39 Å². The lowest BCUT2D eigenvalue weighted by Gasteiger charge is -2.07. The van der Waals surface area contributed by atoms with Crippen LogP contribution in [0.25, 0.3) is 0 Å². The SMILES string of the molecule is COCc1cccc(CNCc2ccc(Cl)c(F)c2)c1. The standard InChI is InChI=1S/C16H17ClFNO/c1-20-11-14-4-2-3-12(7-14)9-19-10-13-5-6-15(17)16(18)8-13/h2-8,19H,9-11H2,1H3. The fraction of sp³-hybridized carbons (Fsp3) is 0.250. The van der Waals surface area contributed by atoms with Gasteiger partial charge < -0.3 is 10.1 Å². The van der Waals surface area contributed by atoms with Crippen molar-refractivity contribution in [3.63, 3.8) is 0 Å². The maximum atomic E-state index is 13.3. The first-order valence-electron chi connectivity index (χ1n) is 6.40. The summed E-state index contributed by atoms with van der Waals surface area (Å²) >= 11 is 5.65. The molecule has 0 saturated carbocycles. The maximum absolute atomic E-state index is 13.3. The van der Waals surface area contributed by atoms with Gasteiger partial charge in [-0.05, 0) is 28.8 Å². The highest BCUT2D eigenvalue weighted by Gasteiger charge is 2.01. The summed E-state index contributed by atoms with van der Waals surface area (Å²) in [5.74, 6) is -0.381. The molecule has 0 aliphatic carbocycles. The molecule has 0 fully saturated rings. The van der Waals surface area contributed by atoms with Crippen molar-refractivity contribution in [2.75, 3.05) is 7.11 Å². The normalized spacial score (nSPS) is 10.8. The summed E-state index contributed by atoms with van der Waals surface area (Å²) in [5.41, 5.74) is 3.19. The quantitative estimate of drug-likeness (QED) is 0.872. The minimum absolute atomic E-state index is 0.154. The fourth-order valence-corrected chi connectivity index (χ4v) is 2.11. The smallest absolute Gasteiger partial charge is 0.142 e. The van der Waals surface area contributed by atoms with E-state index in [1.807, 2.05) is 18.2 Å². The van der Waals surface area contributed by atoms with Crippen molar-refractivity contribution in [3.8, 4) is 0 Å². The molecule has 0 aliphatic heterocycles. The third-order valence-electron chi connectivity index (χ3n) is 2.94. The third-order valence-corrected chi connectivity index (χ3v) is 3.25. The molecule has 2 aromatic carbocycles. The average molecular weight is 294 g/mol. The van der Waals surface area contributed by atoms with E-state index < -0.39 is 0 Å². The Bertz CT molecular complexity index is 574. The molecular weight excluding hydrogens is 277 g/mol. The maximum Gasteiger partial charge on any atom is 0.142 e. The van der Waals surface area contributed by atoms with E-state index in [4.69, 9.17) is 16.3 Å². The lowest BCUT2D eigenvalue weighted by molar-refractivity contribution is 0.185. The molecule has 1 N–H and O–H groups in total. The highest BCUT2D eigenvalue weighted by atomic mass is 35.5. The first-order chi connectivity index (χ1) is 9.69. The second-order valence-corrected chi connectivity index (χ2v) is 5.01. The molecule has 0 bridgehead atoms. The van der Waals surface area contributed by atoms with Crippen molar-refractivity contribution in [3.05, 3.63) is 70.0 Å². The Labute approximate surface area is 123 Å². The number of hydrogen-bond donors (Lipinski definition) is 1. The second-order valence-electron chi connectivity index (χ2n) is 4.60. The number of methoxy groups -OCH3 is 1. The van der Waals surface area contributed by atoms with Crippen molar-refractivity contribution in [1.29, 1.82) is 0 Å². The molecule has 0 amide bonds. The van der Waals surface area contributed by atoms with E-state index in [9.17, 15) is 4.39 Å². The van der Waals surface area contributed by atoms with Crippen LogP contribution >= 0.6 is 11.6 Å². The Hall–Kier alpha value is -1.42. The molecule has 2 nitrogen and oxygen atoms in total. The predicted molar refractivity (Wildman–Crippen MR) is 79.1 cm³/mol. The van der Waals surface area contributed by atoms with E-state index in [0.29, 0.717) is 13.2 Å². The summed E-state index contributed by atoms with van der Waals surface area (Å²) in [4.78, 5) is 0. The molecule has 0 radical (unpaired) electrons. The van der Waals surface area contributed by atoms with Crippen molar-refractivity contribution in [1.82, 2.24) is 5.32 Å². The summed E-state index contributed by atoms with van der Waals surface area (Å²) in [6, 6.07) is 13.0. The number of ether oxygens (including phenoxy) is 1. The van der Waals surface area contributed by atoms with Crippen LogP contribution in [0.1, 0.15) is 16.7 Å². The molecule has 4 heteroatoms. The van der Waals surface area contributed by atoms with Crippen LogP contribution in [0, 0.1) is 5.82 Å². The molecule has 0 aromatic heterocycles. The molecule has 0 unspecified atom stereocenters. The molecule has 0 spiro atoms. The number of benzene rings is 2. The highest BCUT2D eigenvalue weighted by molar-refractivity contribution is 6.30. The van der Waals surface area contributed by atoms with Gasteiger partial charge in [-0.2, -0.15) is 0 Å². The van der Waals surface area contributed by atoms with Crippen molar-refractivity contribution in [2.24, 2.45) is 0 Å². The number of rotatable bonds is 6. The Morgan fingerprint density at radius 2 is 1.75 bits per heavy atom. The van der Waals surface area contributed by atoms with E-state index in [-0.39, 0.29) is 10.8 Å². The summed E-state index contributed by atoms with van der Waals surface area (Å²) in [6.45, 7) is 1.93. The average Bonchev–Trinajstić information content (AvgIpc) is 2.44. The van der Waals surface area contributed by atoms with Gasteiger partial charge in [0.2, 0.25) is 0 Å². The highest BCUT2D eigenvalue weighted by Crippen LogP contribution is 2.15. The van der Waals surface area contributed by atoms with E-state index in [1.54, 1.807) is 13.2 Å². The second kappa shape index (κ2) is 7.39. The molecule has 2 aromatic rings. The van der Waals surface area contributed by atoms with Gasteiger partial charge in [0.25, 0.3) is 0 Å². The first kappa shape index (κ1) is 15.0. The summed E-state index contributed by atoms with van der Waals surface area (Å²) in [7, 11) is 1.68. The Morgan fingerprint density at radius 3 is 2.45 bits per heavy atom. The van der Waals surface area contributed by atoms with Gasteiger partial charge in [0, 0.05) is 20.2 Å². The first-order valence-corrected chi connectivity index (χ1v) is 6.78. The van der Waals surface area contributed by atoms with Gasteiger partial charge >= 0.3 is 0 Å². The zero-order chi connectivity index (χ0) is 14.4. The lowest BCUT2D eigenvalue weighted by atomic mass is 10.1. The van der Waals surface area contributed by atoms with Crippen molar-refractivity contribution >= 4 is 11.6 Å². The van der Waals surface area contributed by atoms with Crippen LogP contribution in [0.2, 0.25) is 5.02 Å². The number of hydrogen-bond acceptors (Lipinski definition) is 2. The van der Waals surface area contributed by atoms with Gasteiger partial charge in [-0.15, -0.1) is 0 Å². The minimum Gasteiger partial charge on any atom is -0.380 e. The van der Waals surface area contributed by atoms with Gasteiger partial charge in [-0.3, -0.25) is 0 Å². The molecule has 20 heavy (non-hydrogen) atoms. The molecular formula is C16H17ClFNO. The lowest BCUT2D eigenvalue weighted by Crippen LogP contribution is -2.13. The van der Waals surface area contributed by atoms with Gasteiger partial charge in [0.15, 0.2) is 0 Å². The zero-order valence-electron chi connectivity index (χ0n) is 11.3. The van der Waals surface area contributed by atoms with Crippen LogP contribution in [0.15, 0.2) is 42.5 Å². The van der Waals surface area contributed by atoms with Crippen molar-refractivity contribution < 1.29 is 9.13 Å². The third kappa shape index (κ3) is 4.30. The minimum atomic E-state index is -0.381. The largest absolute Gasteiger partial charge is 0.380 e. The summed E-state index contributed by atoms with van der Waals surface area (Å²) in [6.07, 6.45) is 0. The van der Waals surface area contributed by atoms with E-state index in [0.717, 1.165) is 17.7 Å². The van der Waals surface area contributed by atoms with E-state index in [1.165, 1.54) is 11.6 Å². The summed E-state index contributed by atoms with van der Waals surface area (Å²) < 4.78 is 18.4.